The first-order valence-electron chi connectivity index (χ1n) is 24.0. The van der Waals surface area contributed by atoms with Crippen LogP contribution in [0.25, 0.3) is 0 Å². The Bertz CT molecular complexity index is 3220. The Morgan fingerprint density at radius 1 is 0.704 bits per heavy atom. The third-order valence-corrected chi connectivity index (χ3v) is 13.4. The highest BCUT2D eigenvalue weighted by Crippen LogP contribution is 2.18. The number of carboxylic acids is 3. The molecule has 0 spiro atoms. The van der Waals surface area contributed by atoms with Gasteiger partial charge in [-0.25, -0.2) is 55.1 Å². The lowest BCUT2D eigenvalue weighted by molar-refractivity contribution is -0.172. The number of hydroxylamine groups is 2. The van der Waals surface area contributed by atoms with Gasteiger partial charge in [0.2, 0.25) is 30.1 Å². The Labute approximate surface area is 470 Å². The molecule has 3 amide bonds. The zero-order valence-electron chi connectivity index (χ0n) is 44.6. The van der Waals surface area contributed by atoms with Crippen molar-refractivity contribution in [3.63, 3.8) is 0 Å². The van der Waals surface area contributed by atoms with Gasteiger partial charge in [0.25, 0.3) is 17.7 Å². The third-order valence-electron chi connectivity index (χ3n) is 10.2. The van der Waals surface area contributed by atoms with Crippen molar-refractivity contribution in [2.75, 3.05) is 18.4 Å². The number of sulfonamides is 3. The first-order valence-corrected chi connectivity index (χ1v) is 28.5. The maximum Gasteiger partial charge on any atom is 0.363 e. The number of hydrogen-bond donors (Lipinski definition) is 10. The summed E-state index contributed by atoms with van der Waals surface area (Å²) in [6, 6.07) is 18.2. The van der Waals surface area contributed by atoms with Crippen LogP contribution in [0.15, 0.2) is 112 Å². The van der Waals surface area contributed by atoms with Crippen LogP contribution < -0.4 is 36.9 Å². The van der Waals surface area contributed by atoms with Crippen LogP contribution in [-0.4, -0.2) is 128 Å². The third kappa shape index (κ3) is 28.2. The second kappa shape index (κ2) is 36.4. The molecule has 1 unspecified atom stereocenters. The van der Waals surface area contributed by atoms with E-state index in [0.717, 1.165) is 49.2 Å². The van der Waals surface area contributed by atoms with E-state index in [1.165, 1.54) is 67.1 Å². The van der Waals surface area contributed by atoms with Crippen LogP contribution in [0.1, 0.15) is 108 Å². The molecule has 28 nitrogen and oxygen atoms in total. The number of nitrogens with one attached hydrogen (secondary N) is 2. The van der Waals surface area contributed by atoms with Crippen molar-refractivity contribution in [3.8, 4) is 12.8 Å². The summed E-state index contributed by atoms with van der Waals surface area (Å²) in [6.07, 6.45) is 9.83. The number of Topliss-reactive ketones (excluding diaryl/α,β-unsaturated/α-hetero) is 1. The molecule has 15 N–H and O–H groups in total. The number of imide groups is 1. The number of aliphatic carboxylic acids is 2. The number of hydrogen-bond acceptors (Lipinski definition) is 19. The number of alkyl halides is 1. The Kier molecular flexibility index (Phi) is 31.1. The van der Waals surface area contributed by atoms with Crippen LogP contribution in [0.4, 0.5) is 10.1 Å². The number of unbranched alkanes of at least 4 members (excludes halogenated alkanes) is 3. The number of carbonyl (C=O) groups is 8. The second-order valence-electron chi connectivity index (χ2n) is 16.0. The average molecular weight is 1220 g/mol. The van der Waals surface area contributed by atoms with Gasteiger partial charge in [-0.05, 0) is 129 Å². The van der Waals surface area contributed by atoms with E-state index in [4.69, 9.17) is 39.8 Å². The van der Waals surface area contributed by atoms with Crippen molar-refractivity contribution in [1.29, 1.82) is 0 Å². The summed E-state index contributed by atoms with van der Waals surface area (Å²) in [6.45, 7) is 0.604. The Morgan fingerprint density at radius 2 is 1.11 bits per heavy atom. The van der Waals surface area contributed by atoms with E-state index in [9.17, 15) is 81.9 Å². The van der Waals surface area contributed by atoms with Gasteiger partial charge in [-0.15, -0.1) is 17.9 Å². The minimum absolute atomic E-state index is 0.00350. The van der Waals surface area contributed by atoms with E-state index in [1.807, 2.05) is 0 Å². The quantitative estimate of drug-likeness (QED) is 0.0165. The molecule has 33 heteroatoms. The number of rotatable bonds is 23. The molecule has 4 aromatic rings. The van der Waals surface area contributed by atoms with Gasteiger partial charge in [0.05, 0.1) is 34.3 Å². The van der Waals surface area contributed by atoms with Crippen molar-refractivity contribution in [3.05, 3.63) is 119 Å². The van der Waals surface area contributed by atoms with Crippen LogP contribution in [0.2, 0.25) is 0 Å². The van der Waals surface area contributed by atoms with Crippen LogP contribution in [-0.2, 0) is 65.4 Å². The monoisotopic (exact) mass is 1220 g/mol. The van der Waals surface area contributed by atoms with Crippen molar-refractivity contribution in [2.24, 2.45) is 26.9 Å². The highest BCUT2D eigenvalue weighted by atomic mass is 32.2. The lowest BCUT2D eigenvalue weighted by atomic mass is 10.0. The summed E-state index contributed by atoms with van der Waals surface area (Å²) >= 11 is -2.45. The Balaban J connectivity index is 0.00000115. The fourth-order valence-corrected chi connectivity index (χ4v) is 7.94. The van der Waals surface area contributed by atoms with Gasteiger partial charge in [0, 0.05) is 47.3 Å². The van der Waals surface area contributed by atoms with Gasteiger partial charge in [-0.3, -0.25) is 32.6 Å². The summed E-state index contributed by atoms with van der Waals surface area (Å²) in [4.78, 5) is 95.0. The number of primary sulfonamides is 3. The molecule has 1 fully saturated rings. The molecule has 5 rings (SSSR count). The smallest absolute Gasteiger partial charge is 0.363 e. The number of halogens is 1. The molecular formula is C48H60FN8O20S4-. The maximum atomic E-state index is 12.3. The molecule has 0 aromatic heterocycles. The van der Waals surface area contributed by atoms with Gasteiger partial charge in [0.1, 0.15) is 13.5 Å². The minimum Gasteiger partial charge on any atom is -0.755 e. The molecule has 0 saturated carbocycles. The molecule has 0 bridgehead atoms. The SMILES string of the molecule is NCCCC[C@H](N)C(=O)O.NS(=O)(=O)c1ccc(C(=O)N[C@@H](CCCCCC(=O)c2ccc(NS(=O)[O-])cc2)C(=O)O)cc1.NS(=O)(=O)c1ccc(C(=O)O)cc1.NS(=O)(=O)c1ccc(C(=O)ON2C(=O)CCC2=O)cc1.[2H]C#C.[2H]CF. The summed E-state index contributed by atoms with van der Waals surface area (Å²) < 4.78 is 111. The number of carboxylic acid groups (broad SMARTS) is 3. The number of benzene rings is 4. The molecule has 1 aliphatic heterocycles. The van der Waals surface area contributed by atoms with Gasteiger partial charge in [-0.2, -0.15) is 0 Å². The molecule has 1 saturated heterocycles. The van der Waals surface area contributed by atoms with Crippen LogP contribution in [0, 0.1) is 12.8 Å². The standard InChI is InChI=1S/C21H25N3O8S2.C11H10N2O6S.C7H7NO4S.C6H14N2O2.C2H2.CH3F/c22-34(31,32)17-12-8-15(9-13-17)20(26)23-18(21(27)28)4-2-1-3-5-19(25)14-6-10-16(11-7-14)24-33(29)30;12-20(17,18)8-3-1-7(2-4-8)11(16)19-13-9(14)5-6-10(13)15;8-13(11,12)6-3-1-5(2-4-6)7(9)10;7-4-2-1-3-5(8)6(9)10;2*1-2/h6-13,18,24H,1-5H2,(H,23,26)(H,27,28)(H,29,30)(H2,22,31,32);1-4H,5-6H2,(H2,12,17,18);1-4H,(H,9,10)(H2,8,11,12);5H,1-4,7-8H2,(H,9,10);1-2H;1H3/p-1/t18-;;;5-;;/m0..0../s1/i;;;;2*1D. The van der Waals surface area contributed by atoms with Crippen LogP contribution in [0.3, 0.4) is 0 Å². The van der Waals surface area contributed by atoms with Crippen molar-refractivity contribution < 1.29 is 99.7 Å². The fraction of sp³-hybridized carbons (Fsp3) is 0.292. The molecule has 0 aliphatic carbocycles. The topological polar surface area (TPSA) is 506 Å². The van der Waals surface area contributed by atoms with E-state index in [2.05, 4.69) is 21.3 Å². The van der Waals surface area contributed by atoms with Gasteiger partial charge < -0.3 is 46.2 Å². The van der Waals surface area contributed by atoms with E-state index in [1.54, 1.807) is 0 Å². The molecule has 1 aliphatic rings. The predicted octanol–water partition coefficient (Wildman–Crippen LogP) is 1.51. The van der Waals surface area contributed by atoms with Gasteiger partial charge >= 0.3 is 23.9 Å². The predicted molar refractivity (Wildman–Crippen MR) is 288 cm³/mol. The van der Waals surface area contributed by atoms with E-state index in [0.29, 0.717) is 48.5 Å². The largest absolute Gasteiger partial charge is 0.755 e. The summed E-state index contributed by atoms with van der Waals surface area (Å²) in [5, 5.41) is 43.7. The molecular weight excluding hydrogens is 1160 g/mol. The number of nitrogens with two attached hydrogens (primary N) is 5. The molecule has 3 atom stereocenters. The first-order chi connectivity index (χ1) is 38.7. The van der Waals surface area contributed by atoms with Crippen LogP contribution >= 0.6 is 0 Å². The summed E-state index contributed by atoms with van der Waals surface area (Å²) in [5.41, 5.74) is 11.3. The highest BCUT2D eigenvalue weighted by molar-refractivity contribution is 7.89. The van der Waals surface area contributed by atoms with Crippen molar-refractivity contribution >= 4 is 94.4 Å². The first kappa shape index (κ1) is 69.2. The minimum atomic E-state index is -3.90. The number of nitrogens with zero attached hydrogens (tertiary/aromatic N) is 1. The number of aromatic carboxylic acids is 1. The molecule has 4 aromatic carbocycles. The van der Waals surface area contributed by atoms with Gasteiger partial charge in [0.15, 0.2) is 5.78 Å². The number of carbonyl (C=O) groups excluding carboxylic acids is 5. The highest BCUT2D eigenvalue weighted by Gasteiger charge is 2.33. The number of anilines is 1. The molecule has 1 heterocycles. The normalized spacial score (nSPS) is 13.0. The second-order valence-corrected chi connectivity index (χ2v) is 21.4. The molecule has 444 valence electrons. The molecule has 0 radical (unpaired) electrons. The number of terminal acetylenes is 1. The number of amides is 3. The number of ketones is 1. The van der Waals surface area contributed by atoms with E-state index >= 15 is 0 Å². The van der Waals surface area contributed by atoms with Crippen molar-refractivity contribution in [2.45, 2.75) is 91.0 Å². The van der Waals surface area contributed by atoms with E-state index in [-0.39, 0.29) is 62.8 Å². The van der Waals surface area contributed by atoms with Crippen molar-refractivity contribution in [1.82, 2.24) is 10.4 Å². The zero-order valence-corrected chi connectivity index (χ0v) is 45.8. The Hall–Kier alpha value is -7.91. The molecule has 81 heavy (non-hydrogen) atoms. The fourth-order valence-electron chi connectivity index (χ4n) is 6.06. The summed E-state index contributed by atoms with van der Waals surface area (Å²) in [7, 11) is -12.5. The Morgan fingerprint density at radius 3 is 1.49 bits per heavy atom. The lowest BCUT2D eigenvalue weighted by Crippen LogP contribution is -2.40. The average Bonchev–Trinajstić information content (AvgIpc) is 3.84. The zero-order chi connectivity index (χ0) is 63.7. The van der Waals surface area contributed by atoms with E-state index < -0.39 is 102 Å². The maximum absolute atomic E-state index is 12.3. The van der Waals surface area contributed by atoms with Crippen LogP contribution in [0.5, 0.6) is 0 Å². The lowest BCUT2D eigenvalue weighted by Gasteiger charge is -2.14. The van der Waals surface area contributed by atoms with Gasteiger partial charge in [-0.1, -0.05) is 19.3 Å². The summed E-state index contributed by atoms with van der Waals surface area (Å²) in [5.74, 6) is -6.16.